The molecule has 0 saturated carbocycles. The largest absolute Gasteiger partial charge is 0.462 e. The van der Waals surface area contributed by atoms with E-state index >= 15 is 0 Å². The summed E-state index contributed by atoms with van der Waals surface area (Å²) in [5.74, 6) is -0.237. The van der Waals surface area contributed by atoms with Crippen molar-refractivity contribution in [1.29, 1.82) is 0 Å². The van der Waals surface area contributed by atoms with Gasteiger partial charge in [-0.25, -0.2) is 4.79 Å². The first-order valence-corrected chi connectivity index (χ1v) is 11.1. The number of hydrogen-bond donors (Lipinski definition) is 0. The average Bonchev–Trinajstić information content (AvgIpc) is 2.72. The van der Waals surface area contributed by atoms with Crippen LogP contribution >= 0.6 is 11.6 Å². The fraction of sp³-hybridized carbons (Fsp3) is 0.480. The number of ether oxygens (including phenoxy) is 1. The van der Waals surface area contributed by atoms with Gasteiger partial charge in [-0.1, -0.05) is 101 Å². The van der Waals surface area contributed by atoms with E-state index < -0.39 is 0 Å². The molecule has 152 valence electrons. The van der Waals surface area contributed by atoms with Crippen LogP contribution in [0.4, 0.5) is 0 Å². The van der Waals surface area contributed by atoms with Gasteiger partial charge in [0.05, 0.1) is 12.2 Å². The number of benzene rings is 2. The summed E-state index contributed by atoms with van der Waals surface area (Å²) < 4.78 is 5.41. The van der Waals surface area contributed by atoms with Crippen molar-refractivity contribution in [3.8, 4) is 11.1 Å². The number of halogens is 1. The quantitative estimate of drug-likeness (QED) is 0.251. The Morgan fingerprint density at radius 1 is 0.714 bits per heavy atom. The Kier molecular flexibility index (Phi) is 10.8. The van der Waals surface area contributed by atoms with Gasteiger partial charge in [0.1, 0.15) is 0 Å². The second-order valence-electron chi connectivity index (χ2n) is 7.40. The summed E-state index contributed by atoms with van der Waals surface area (Å²) >= 11 is 5.92. The number of hydrogen-bond acceptors (Lipinski definition) is 2. The number of carbonyl (C=O) groups excluding carboxylic acids is 1. The molecule has 0 aromatic heterocycles. The van der Waals surface area contributed by atoms with E-state index in [4.69, 9.17) is 16.3 Å². The highest BCUT2D eigenvalue weighted by atomic mass is 35.5. The molecule has 0 aliphatic carbocycles. The van der Waals surface area contributed by atoms with Gasteiger partial charge >= 0.3 is 5.97 Å². The second kappa shape index (κ2) is 13.4. The van der Waals surface area contributed by atoms with Crippen molar-refractivity contribution in [2.24, 2.45) is 0 Å². The minimum absolute atomic E-state index is 0.237. The summed E-state index contributed by atoms with van der Waals surface area (Å²) in [5, 5.41) is 0.718. The van der Waals surface area contributed by atoms with Gasteiger partial charge in [-0.05, 0) is 41.8 Å². The summed E-state index contributed by atoms with van der Waals surface area (Å²) in [6, 6.07) is 15.2. The lowest BCUT2D eigenvalue weighted by Gasteiger charge is -2.07. The summed E-state index contributed by atoms with van der Waals surface area (Å²) in [7, 11) is 0. The Bertz CT molecular complexity index is 677. The first-order valence-electron chi connectivity index (χ1n) is 10.7. The molecule has 0 radical (unpaired) electrons. The highest BCUT2D eigenvalue weighted by Crippen LogP contribution is 2.22. The average molecular weight is 401 g/mol. The Morgan fingerprint density at radius 2 is 1.18 bits per heavy atom. The van der Waals surface area contributed by atoms with Crippen LogP contribution in [0.25, 0.3) is 11.1 Å². The predicted molar refractivity (Wildman–Crippen MR) is 119 cm³/mol. The van der Waals surface area contributed by atoms with Gasteiger partial charge in [-0.3, -0.25) is 0 Å². The molecular formula is C25H33ClO2. The third-order valence-electron chi connectivity index (χ3n) is 5.03. The summed E-state index contributed by atoms with van der Waals surface area (Å²) in [6.07, 6.45) is 12.8. The van der Waals surface area contributed by atoms with Crippen molar-refractivity contribution in [1.82, 2.24) is 0 Å². The molecule has 2 aromatic rings. The van der Waals surface area contributed by atoms with Crippen LogP contribution in [0.1, 0.15) is 81.5 Å². The van der Waals surface area contributed by atoms with Crippen molar-refractivity contribution < 1.29 is 9.53 Å². The van der Waals surface area contributed by atoms with Crippen LogP contribution in [0.3, 0.4) is 0 Å². The minimum atomic E-state index is -0.237. The van der Waals surface area contributed by atoms with Crippen LogP contribution in [0.15, 0.2) is 48.5 Å². The minimum Gasteiger partial charge on any atom is -0.462 e. The van der Waals surface area contributed by atoms with Gasteiger partial charge in [0, 0.05) is 5.02 Å². The molecule has 0 aliphatic heterocycles. The topological polar surface area (TPSA) is 26.3 Å². The maximum atomic E-state index is 12.2. The molecule has 2 aromatic carbocycles. The van der Waals surface area contributed by atoms with E-state index in [1.165, 1.54) is 51.4 Å². The van der Waals surface area contributed by atoms with E-state index in [1.807, 2.05) is 48.5 Å². The van der Waals surface area contributed by atoms with Crippen LogP contribution in [0, 0.1) is 0 Å². The SMILES string of the molecule is CCCCCCCCCCCCOC(=O)c1ccc(-c2ccc(Cl)cc2)cc1. The maximum absolute atomic E-state index is 12.2. The number of esters is 1. The van der Waals surface area contributed by atoms with Crippen LogP contribution < -0.4 is 0 Å². The van der Waals surface area contributed by atoms with E-state index in [0.29, 0.717) is 12.2 Å². The summed E-state index contributed by atoms with van der Waals surface area (Å²) in [6.45, 7) is 2.76. The fourth-order valence-electron chi connectivity index (χ4n) is 3.28. The van der Waals surface area contributed by atoms with Gasteiger partial charge < -0.3 is 4.74 Å². The van der Waals surface area contributed by atoms with Crippen molar-refractivity contribution in [2.45, 2.75) is 71.1 Å². The highest BCUT2D eigenvalue weighted by molar-refractivity contribution is 6.30. The van der Waals surface area contributed by atoms with Crippen molar-refractivity contribution >= 4 is 17.6 Å². The molecular weight excluding hydrogens is 368 g/mol. The molecule has 2 nitrogen and oxygen atoms in total. The normalized spacial score (nSPS) is 10.8. The monoisotopic (exact) mass is 400 g/mol. The molecule has 0 atom stereocenters. The third kappa shape index (κ3) is 8.48. The Labute approximate surface area is 175 Å². The number of unbranched alkanes of at least 4 members (excludes halogenated alkanes) is 9. The van der Waals surface area contributed by atoms with Crippen molar-refractivity contribution in [3.05, 3.63) is 59.1 Å². The van der Waals surface area contributed by atoms with Crippen molar-refractivity contribution in [2.75, 3.05) is 6.61 Å². The van der Waals surface area contributed by atoms with Gasteiger partial charge in [0.2, 0.25) is 0 Å². The molecule has 3 heteroatoms. The molecule has 0 amide bonds. The molecule has 0 heterocycles. The molecule has 28 heavy (non-hydrogen) atoms. The standard InChI is InChI=1S/C25H33ClO2/c1-2-3-4-5-6-7-8-9-10-11-20-28-25(27)23-14-12-21(13-15-23)22-16-18-24(26)19-17-22/h12-19H,2-11,20H2,1H3. The fourth-order valence-corrected chi connectivity index (χ4v) is 3.40. The first kappa shape index (κ1) is 22.5. The zero-order valence-corrected chi connectivity index (χ0v) is 17.8. The van der Waals surface area contributed by atoms with Crippen LogP contribution in [-0.4, -0.2) is 12.6 Å². The van der Waals surface area contributed by atoms with E-state index in [0.717, 1.165) is 29.0 Å². The van der Waals surface area contributed by atoms with Gasteiger partial charge in [0.25, 0.3) is 0 Å². The second-order valence-corrected chi connectivity index (χ2v) is 7.84. The number of carbonyl (C=O) groups is 1. The molecule has 0 bridgehead atoms. The van der Waals surface area contributed by atoms with Gasteiger partial charge in [-0.15, -0.1) is 0 Å². The first-order chi connectivity index (χ1) is 13.7. The van der Waals surface area contributed by atoms with Gasteiger partial charge in [0.15, 0.2) is 0 Å². The summed E-state index contributed by atoms with van der Waals surface area (Å²) in [4.78, 5) is 12.2. The summed E-state index contributed by atoms with van der Waals surface area (Å²) in [5.41, 5.74) is 2.74. The molecule has 0 unspecified atom stereocenters. The molecule has 0 saturated heterocycles. The lowest BCUT2D eigenvalue weighted by Crippen LogP contribution is -2.06. The lowest BCUT2D eigenvalue weighted by molar-refractivity contribution is 0.0497. The zero-order valence-electron chi connectivity index (χ0n) is 17.1. The lowest BCUT2D eigenvalue weighted by atomic mass is 10.0. The molecule has 0 aliphatic rings. The van der Waals surface area contributed by atoms with E-state index in [1.54, 1.807) is 0 Å². The molecule has 0 N–H and O–H groups in total. The van der Waals surface area contributed by atoms with Crippen LogP contribution in [-0.2, 0) is 4.74 Å². The van der Waals surface area contributed by atoms with Crippen LogP contribution in [0.5, 0.6) is 0 Å². The molecule has 0 fully saturated rings. The van der Waals surface area contributed by atoms with Crippen molar-refractivity contribution in [3.63, 3.8) is 0 Å². The maximum Gasteiger partial charge on any atom is 0.338 e. The van der Waals surface area contributed by atoms with Gasteiger partial charge in [-0.2, -0.15) is 0 Å². The van der Waals surface area contributed by atoms with Crippen LogP contribution in [0.2, 0.25) is 5.02 Å². The number of rotatable bonds is 13. The Hall–Kier alpha value is -1.80. The van der Waals surface area contributed by atoms with E-state index in [2.05, 4.69) is 6.92 Å². The van der Waals surface area contributed by atoms with E-state index in [-0.39, 0.29) is 5.97 Å². The smallest absolute Gasteiger partial charge is 0.338 e. The molecule has 2 rings (SSSR count). The third-order valence-corrected chi connectivity index (χ3v) is 5.28. The Morgan fingerprint density at radius 3 is 1.71 bits per heavy atom. The predicted octanol–water partition coefficient (Wildman–Crippen LogP) is 8.08. The highest BCUT2D eigenvalue weighted by Gasteiger charge is 2.07. The Balaban J connectivity index is 1.58. The van der Waals surface area contributed by atoms with E-state index in [9.17, 15) is 4.79 Å². The zero-order chi connectivity index (χ0) is 20.0. The molecule has 0 spiro atoms.